The molecular formula is C22H50O2Si2. The lowest BCUT2D eigenvalue weighted by atomic mass is 10.0. The van der Waals surface area contributed by atoms with E-state index in [1.165, 1.54) is 70.6 Å². The van der Waals surface area contributed by atoms with E-state index in [1.54, 1.807) is 0 Å². The van der Waals surface area contributed by atoms with Gasteiger partial charge in [0.15, 0.2) is 16.6 Å². The van der Waals surface area contributed by atoms with Crippen molar-refractivity contribution in [1.29, 1.82) is 0 Å². The van der Waals surface area contributed by atoms with Gasteiger partial charge < -0.3 is 8.85 Å². The molecule has 2 nitrogen and oxygen atoms in total. The monoisotopic (exact) mass is 402 g/mol. The van der Waals surface area contributed by atoms with E-state index in [0.29, 0.717) is 6.10 Å². The average molecular weight is 403 g/mol. The van der Waals surface area contributed by atoms with E-state index < -0.39 is 16.6 Å². The highest BCUT2D eigenvalue weighted by Crippen LogP contribution is 2.18. The van der Waals surface area contributed by atoms with E-state index >= 15 is 0 Å². The lowest BCUT2D eigenvalue weighted by Crippen LogP contribution is -2.38. The van der Waals surface area contributed by atoms with Crippen molar-refractivity contribution in [2.45, 2.75) is 130 Å². The summed E-state index contributed by atoms with van der Waals surface area (Å²) in [7, 11) is -2.93. The fourth-order valence-electron chi connectivity index (χ4n) is 3.18. The molecule has 0 fully saturated rings. The van der Waals surface area contributed by atoms with Gasteiger partial charge in [-0.15, -0.1) is 0 Å². The smallest absolute Gasteiger partial charge is 0.184 e. The zero-order chi connectivity index (χ0) is 20.1. The Morgan fingerprint density at radius 2 is 1.00 bits per heavy atom. The van der Waals surface area contributed by atoms with Crippen LogP contribution in [0.5, 0.6) is 0 Å². The average Bonchev–Trinajstić information content (AvgIpc) is 2.47. The number of hydrogen-bond donors (Lipinski definition) is 0. The second kappa shape index (κ2) is 14.4. The van der Waals surface area contributed by atoms with Crippen LogP contribution in [0.15, 0.2) is 0 Å². The third-order valence-corrected chi connectivity index (χ3v) is 6.60. The summed E-state index contributed by atoms with van der Waals surface area (Å²) in [5, 5.41) is 0. The molecule has 0 saturated heterocycles. The van der Waals surface area contributed by atoms with Crippen molar-refractivity contribution >= 4 is 16.6 Å². The molecule has 0 amide bonds. The Morgan fingerprint density at radius 1 is 0.577 bits per heavy atom. The molecule has 0 aliphatic rings. The summed E-state index contributed by atoms with van der Waals surface area (Å²) in [6.07, 6.45) is 15.5. The second-order valence-electron chi connectivity index (χ2n) is 10.4. The fourth-order valence-corrected chi connectivity index (χ4v) is 5.05. The third-order valence-electron chi connectivity index (χ3n) is 4.53. The van der Waals surface area contributed by atoms with Crippen LogP contribution in [0, 0.1) is 5.92 Å². The first-order valence-electron chi connectivity index (χ1n) is 11.3. The molecule has 1 unspecified atom stereocenters. The maximum absolute atomic E-state index is 6.37. The minimum absolute atomic E-state index is 0.314. The topological polar surface area (TPSA) is 18.5 Å². The maximum atomic E-state index is 6.37. The summed E-state index contributed by atoms with van der Waals surface area (Å²) >= 11 is 0. The molecule has 0 aromatic carbocycles. The maximum Gasteiger partial charge on any atom is 0.184 e. The van der Waals surface area contributed by atoms with Crippen LogP contribution in [0.25, 0.3) is 0 Å². The van der Waals surface area contributed by atoms with Crippen molar-refractivity contribution in [3.05, 3.63) is 0 Å². The number of hydrogen-bond acceptors (Lipinski definition) is 2. The minimum atomic E-state index is -1.49. The number of rotatable bonds is 17. The minimum Gasteiger partial charge on any atom is -0.415 e. The molecule has 0 aromatic heterocycles. The lowest BCUT2D eigenvalue weighted by molar-refractivity contribution is 0.109. The Balaban J connectivity index is 3.71. The van der Waals surface area contributed by atoms with Crippen molar-refractivity contribution in [2.24, 2.45) is 5.92 Å². The van der Waals surface area contributed by atoms with Crippen LogP contribution in [-0.4, -0.2) is 29.3 Å². The van der Waals surface area contributed by atoms with Crippen LogP contribution >= 0.6 is 0 Å². The first-order valence-corrected chi connectivity index (χ1v) is 18.1. The standard InChI is InChI=1S/C22H50O2Si2/c1-21(2)18-16-14-12-10-9-11-13-15-17-19-22(24-26(6,7)8)20-23-25(3,4)5/h21-22H,9-20H2,1-8H3. The summed E-state index contributed by atoms with van der Waals surface area (Å²) in [4.78, 5) is 0. The van der Waals surface area contributed by atoms with Crippen LogP contribution in [0.4, 0.5) is 0 Å². The quantitative estimate of drug-likeness (QED) is 0.181. The Kier molecular flexibility index (Phi) is 14.6. The highest BCUT2D eigenvalue weighted by atomic mass is 28.4. The van der Waals surface area contributed by atoms with Crippen LogP contribution in [0.3, 0.4) is 0 Å². The largest absolute Gasteiger partial charge is 0.415 e. The molecule has 158 valence electrons. The summed E-state index contributed by atoms with van der Waals surface area (Å²) in [5.41, 5.74) is 0. The van der Waals surface area contributed by atoms with Crippen LogP contribution in [-0.2, 0) is 8.85 Å². The zero-order valence-electron chi connectivity index (χ0n) is 19.5. The van der Waals surface area contributed by atoms with Gasteiger partial charge in [-0.3, -0.25) is 0 Å². The molecule has 0 aliphatic carbocycles. The normalized spacial score (nSPS) is 14.2. The van der Waals surface area contributed by atoms with Gasteiger partial charge in [0.2, 0.25) is 0 Å². The molecule has 0 radical (unpaired) electrons. The number of unbranched alkanes of at least 4 members (excludes halogenated alkanes) is 8. The fraction of sp³-hybridized carbons (Fsp3) is 1.00. The summed E-state index contributed by atoms with van der Waals surface area (Å²) in [6.45, 7) is 19.1. The predicted molar refractivity (Wildman–Crippen MR) is 123 cm³/mol. The Labute approximate surface area is 168 Å². The van der Waals surface area contributed by atoms with Crippen LogP contribution in [0.2, 0.25) is 39.3 Å². The summed E-state index contributed by atoms with van der Waals surface area (Å²) in [6, 6.07) is 0. The summed E-state index contributed by atoms with van der Waals surface area (Å²) in [5.74, 6) is 0.875. The zero-order valence-corrected chi connectivity index (χ0v) is 21.5. The van der Waals surface area contributed by atoms with E-state index in [4.69, 9.17) is 8.85 Å². The Morgan fingerprint density at radius 3 is 1.38 bits per heavy atom. The molecule has 26 heavy (non-hydrogen) atoms. The highest BCUT2D eigenvalue weighted by Gasteiger charge is 2.23. The predicted octanol–water partition coefficient (Wildman–Crippen LogP) is 8.01. The molecule has 0 aliphatic heterocycles. The molecule has 0 saturated carbocycles. The first kappa shape index (κ1) is 26.4. The van der Waals surface area contributed by atoms with Gasteiger partial charge in [-0.2, -0.15) is 0 Å². The molecule has 0 spiro atoms. The van der Waals surface area contributed by atoms with Gasteiger partial charge in [-0.25, -0.2) is 0 Å². The van der Waals surface area contributed by atoms with E-state index in [2.05, 4.69) is 53.1 Å². The van der Waals surface area contributed by atoms with Crippen LogP contribution < -0.4 is 0 Å². The SMILES string of the molecule is CC(C)CCCCCCCCCCCC(CO[Si](C)(C)C)O[Si](C)(C)C. The molecule has 1 atom stereocenters. The third kappa shape index (κ3) is 20.7. The van der Waals surface area contributed by atoms with Crippen LogP contribution in [0.1, 0.15) is 84.5 Å². The highest BCUT2D eigenvalue weighted by molar-refractivity contribution is 6.70. The van der Waals surface area contributed by atoms with E-state index in [9.17, 15) is 0 Å². The van der Waals surface area contributed by atoms with Crippen molar-refractivity contribution in [3.8, 4) is 0 Å². The van der Waals surface area contributed by atoms with Gasteiger partial charge in [0.05, 0.1) is 12.7 Å². The van der Waals surface area contributed by atoms with Gasteiger partial charge in [-0.05, 0) is 51.6 Å². The van der Waals surface area contributed by atoms with E-state index in [1.807, 2.05) is 0 Å². The van der Waals surface area contributed by atoms with Crippen molar-refractivity contribution < 1.29 is 8.85 Å². The summed E-state index contributed by atoms with van der Waals surface area (Å²) < 4.78 is 12.5. The second-order valence-corrected chi connectivity index (χ2v) is 19.4. The molecule has 0 bridgehead atoms. The van der Waals surface area contributed by atoms with Crippen molar-refractivity contribution in [1.82, 2.24) is 0 Å². The van der Waals surface area contributed by atoms with E-state index in [0.717, 1.165) is 12.5 Å². The Bertz CT molecular complexity index is 319. The first-order chi connectivity index (χ1) is 12.0. The molecule has 4 heteroatoms. The molecule has 0 N–H and O–H groups in total. The van der Waals surface area contributed by atoms with Gasteiger partial charge in [-0.1, -0.05) is 78.1 Å². The lowest BCUT2D eigenvalue weighted by Gasteiger charge is -2.29. The molecular weight excluding hydrogens is 352 g/mol. The van der Waals surface area contributed by atoms with Gasteiger partial charge in [0.25, 0.3) is 0 Å². The van der Waals surface area contributed by atoms with E-state index in [-0.39, 0.29) is 0 Å². The van der Waals surface area contributed by atoms with Gasteiger partial charge >= 0.3 is 0 Å². The van der Waals surface area contributed by atoms with Gasteiger partial charge in [0.1, 0.15) is 0 Å². The van der Waals surface area contributed by atoms with Crippen molar-refractivity contribution in [3.63, 3.8) is 0 Å². The molecule has 0 rings (SSSR count). The van der Waals surface area contributed by atoms with Crippen molar-refractivity contribution in [2.75, 3.05) is 6.61 Å². The molecule has 0 heterocycles. The molecule has 0 aromatic rings. The van der Waals surface area contributed by atoms with Gasteiger partial charge in [0, 0.05) is 0 Å². The Hall–Kier alpha value is 0.354.